The second-order valence-electron chi connectivity index (χ2n) is 6.19. The molecule has 0 bridgehead atoms. The number of amides is 1. The van der Waals surface area contributed by atoms with Crippen LogP contribution in [-0.2, 0) is 11.8 Å². The van der Waals surface area contributed by atoms with Gasteiger partial charge in [-0.15, -0.1) is 10.2 Å². The number of anilines is 1. The number of hydrogen-bond acceptors (Lipinski definition) is 6. The van der Waals surface area contributed by atoms with E-state index in [0.29, 0.717) is 33.7 Å². The normalized spacial score (nSPS) is 13.4. The van der Waals surface area contributed by atoms with Gasteiger partial charge < -0.3 is 19.4 Å². The van der Waals surface area contributed by atoms with Gasteiger partial charge in [0.2, 0.25) is 12.7 Å². The summed E-state index contributed by atoms with van der Waals surface area (Å²) in [5.74, 6) is 1.27. The Bertz CT molecular complexity index is 1040. The number of fused-ring (bicyclic) bond motifs is 1. The Morgan fingerprint density at radius 3 is 2.86 bits per heavy atom. The highest BCUT2D eigenvalue weighted by atomic mass is 32.2. The fourth-order valence-corrected chi connectivity index (χ4v) is 3.54. The topological polar surface area (TPSA) is 78.3 Å². The summed E-state index contributed by atoms with van der Waals surface area (Å²) < 4.78 is 25.8. The number of rotatable bonds is 5. The van der Waals surface area contributed by atoms with Gasteiger partial charge in [-0.2, -0.15) is 0 Å². The summed E-state index contributed by atoms with van der Waals surface area (Å²) in [4.78, 5) is 12.5. The highest BCUT2D eigenvalue weighted by Crippen LogP contribution is 2.34. The first-order chi connectivity index (χ1) is 13.5. The van der Waals surface area contributed by atoms with E-state index in [1.165, 1.54) is 23.9 Å². The summed E-state index contributed by atoms with van der Waals surface area (Å²) >= 11 is 1.27. The number of halogens is 1. The van der Waals surface area contributed by atoms with Crippen molar-refractivity contribution in [3.05, 3.63) is 48.3 Å². The number of thioether (sulfide) groups is 1. The molecule has 0 unspecified atom stereocenters. The maximum atomic E-state index is 13.5. The Hall–Kier alpha value is -3.07. The number of nitrogens with zero attached hydrogens (tertiary/aromatic N) is 3. The lowest BCUT2D eigenvalue weighted by Crippen LogP contribution is -2.22. The highest BCUT2D eigenvalue weighted by molar-refractivity contribution is 8.00. The SMILES string of the molecule is C[C@H](Sc1nnc(-c2cccc(F)c2)n1C)C(=O)Nc1ccc2c(c1)OCO2. The minimum absolute atomic E-state index is 0.179. The third kappa shape index (κ3) is 3.65. The standard InChI is InChI=1S/C19H17FN4O3S/c1-11(18(25)21-14-6-7-15-16(9-14)27-10-26-15)28-19-23-22-17(24(19)2)12-4-3-5-13(20)8-12/h3-9,11H,10H2,1-2H3,(H,21,25)/t11-/m0/s1. The van der Waals surface area contributed by atoms with E-state index in [1.54, 1.807) is 48.9 Å². The highest BCUT2D eigenvalue weighted by Gasteiger charge is 2.21. The lowest BCUT2D eigenvalue weighted by molar-refractivity contribution is -0.115. The second kappa shape index (κ2) is 7.51. The van der Waals surface area contributed by atoms with E-state index < -0.39 is 5.25 Å². The molecular weight excluding hydrogens is 383 g/mol. The van der Waals surface area contributed by atoms with Gasteiger partial charge in [0.25, 0.3) is 0 Å². The van der Waals surface area contributed by atoms with Crippen molar-refractivity contribution in [3.63, 3.8) is 0 Å². The quantitative estimate of drug-likeness (QED) is 0.661. The van der Waals surface area contributed by atoms with Crippen LogP contribution in [0.5, 0.6) is 11.5 Å². The predicted octanol–water partition coefficient (Wildman–Crippen LogP) is 3.47. The number of hydrogen-bond donors (Lipinski definition) is 1. The Kier molecular flexibility index (Phi) is 4.91. The summed E-state index contributed by atoms with van der Waals surface area (Å²) in [7, 11) is 1.78. The third-order valence-corrected chi connectivity index (χ3v) is 5.34. The number of carbonyl (C=O) groups excluding carboxylic acids is 1. The zero-order valence-corrected chi connectivity index (χ0v) is 16.0. The van der Waals surface area contributed by atoms with E-state index in [1.807, 2.05) is 0 Å². The summed E-state index contributed by atoms with van der Waals surface area (Å²) in [6.07, 6.45) is 0. The maximum Gasteiger partial charge on any atom is 0.237 e. The summed E-state index contributed by atoms with van der Waals surface area (Å²) in [5, 5.41) is 11.3. The molecule has 1 aliphatic rings. The molecule has 9 heteroatoms. The molecule has 1 N–H and O–H groups in total. The molecule has 0 radical (unpaired) electrons. The average Bonchev–Trinajstić information content (AvgIpc) is 3.28. The minimum Gasteiger partial charge on any atom is -0.454 e. The molecule has 0 saturated carbocycles. The number of benzene rings is 2. The summed E-state index contributed by atoms with van der Waals surface area (Å²) in [6.45, 7) is 1.96. The molecule has 1 atom stereocenters. The molecule has 0 aliphatic carbocycles. The van der Waals surface area contributed by atoms with Crippen molar-refractivity contribution < 1.29 is 18.7 Å². The van der Waals surface area contributed by atoms with Gasteiger partial charge >= 0.3 is 0 Å². The van der Waals surface area contributed by atoms with Crippen LogP contribution in [0, 0.1) is 5.82 Å². The fraction of sp³-hybridized carbons (Fsp3) is 0.211. The number of nitrogens with one attached hydrogen (secondary N) is 1. The fourth-order valence-electron chi connectivity index (χ4n) is 2.73. The van der Waals surface area contributed by atoms with Crippen molar-refractivity contribution in [1.29, 1.82) is 0 Å². The van der Waals surface area contributed by atoms with Gasteiger partial charge in [-0.05, 0) is 31.2 Å². The van der Waals surface area contributed by atoms with Crippen molar-refractivity contribution in [2.24, 2.45) is 7.05 Å². The van der Waals surface area contributed by atoms with Crippen LogP contribution in [0.15, 0.2) is 47.6 Å². The summed E-state index contributed by atoms with van der Waals surface area (Å²) in [6, 6.07) is 11.4. The van der Waals surface area contributed by atoms with Gasteiger partial charge in [0, 0.05) is 24.4 Å². The van der Waals surface area contributed by atoms with Crippen LogP contribution >= 0.6 is 11.8 Å². The van der Waals surface area contributed by atoms with Crippen LogP contribution in [0.3, 0.4) is 0 Å². The van der Waals surface area contributed by atoms with E-state index in [-0.39, 0.29) is 18.5 Å². The molecule has 0 spiro atoms. The third-order valence-electron chi connectivity index (χ3n) is 4.21. The molecule has 1 amide bonds. The summed E-state index contributed by atoms with van der Waals surface area (Å²) in [5.41, 5.74) is 1.25. The van der Waals surface area contributed by atoms with Crippen LogP contribution < -0.4 is 14.8 Å². The number of ether oxygens (including phenoxy) is 2. The van der Waals surface area contributed by atoms with Crippen molar-refractivity contribution in [2.75, 3.05) is 12.1 Å². The van der Waals surface area contributed by atoms with Crippen LogP contribution in [0.2, 0.25) is 0 Å². The van der Waals surface area contributed by atoms with Crippen LogP contribution in [0.1, 0.15) is 6.92 Å². The van der Waals surface area contributed by atoms with Gasteiger partial charge in [-0.25, -0.2) is 4.39 Å². The van der Waals surface area contributed by atoms with Crippen molar-refractivity contribution >= 4 is 23.4 Å². The van der Waals surface area contributed by atoms with Gasteiger partial charge in [0.1, 0.15) is 5.82 Å². The van der Waals surface area contributed by atoms with Crippen molar-refractivity contribution in [2.45, 2.75) is 17.3 Å². The molecule has 144 valence electrons. The van der Waals surface area contributed by atoms with E-state index >= 15 is 0 Å². The van der Waals surface area contributed by atoms with E-state index in [9.17, 15) is 9.18 Å². The average molecular weight is 400 g/mol. The molecule has 4 rings (SSSR count). The lowest BCUT2D eigenvalue weighted by atomic mass is 10.2. The molecule has 7 nitrogen and oxygen atoms in total. The van der Waals surface area contributed by atoms with Crippen LogP contribution in [-0.4, -0.2) is 32.7 Å². The Morgan fingerprint density at radius 2 is 2.04 bits per heavy atom. The molecule has 3 aromatic rings. The minimum atomic E-state index is -0.423. The maximum absolute atomic E-state index is 13.5. The molecule has 28 heavy (non-hydrogen) atoms. The first-order valence-corrected chi connectivity index (χ1v) is 9.42. The van der Waals surface area contributed by atoms with Crippen molar-refractivity contribution in [3.8, 4) is 22.9 Å². The number of aromatic nitrogens is 3. The van der Waals surface area contributed by atoms with Gasteiger partial charge in [0.15, 0.2) is 22.5 Å². The van der Waals surface area contributed by atoms with Crippen LogP contribution in [0.4, 0.5) is 10.1 Å². The molecule has 1 aromatic heterocycles. The molecular formula is C19H17FN4O3S. The lowest BCUT2D eigenvalue weighted by Gasteiger charge is -2.12. The first-order valence-electron chi connectivity index (χ1n) is 8.54. The predicted molar refractivity (Wildman–Crippen MR) is 103 cm³/mol. The zero-order chi connectivity index (χ0) is 19.7. The van der Waals surface area contributed by atoms with Crippen molar-refractivity contribution in [1.82, 2.24) is 14.8 Å². The Morgan fingerprint density at radius 1 is 1.21 bits per heavy atom. The number of carbonyl (C=O) groups is 1. The Balaban J connectivity index is 1.45. The molecule has 0 fully saturated rings. The van der Waals surface area contributed by atoms with E-state index in [0.717, 1.165) is 0 Å². The van der Waals surface area contributed by atoms with Gasteiger partial charge in [0.05, 0.1) is 5.25 Å². The Labute approximate surface area is 164 Å². The van der Waals surface area contributed by atoms with Crippen LogP contribution in [0.25, 0.3) is 11.4 Å². The smallest absolute Gasteiger partial charge is 0.237 e. The second-order valence-corrected chi connectivity index (χ2v) is 7.50. The molecule has 2 aromatic carbocycles. The molecule has 0 saturated heterocycles. The first kappa shape index (κ1) is 18.3. The zero-order valence-electron chi connectivity index (χ0n) is 15.2. The monoisotopic (exact) mass is 400 g/mol. The molecule has 1 aliphatic heterocycles. The molecule has 2 heterocycles. The largest absolute Gasteiger partial charge is 0.454 e. The van der Waals surface area contributed by atoms with E-state index in [2.05, 4.69) is 15.5 Å². The van der Waals surface area contributed by atoms with Gasteiger partial charge in [-0.3, -0.25) is 4.79 Å². The van der Waals surface area contributed by atoms with Gasteiger partial charge in [-0.1, -0.05) is 23.9 Å². The van der Waals surface area contributed by atoms with E-state index in [4.69, 9.17) is 9.47 Å².